The standard InChI is InChI=1S/C8H14BFO2.C7H12BFO3.10H2/c1-4-6(5(2)11)12-7(9)8(4,3)10;1-3(10)4-5(11)7(2,9)6(8)12-4;;;;;;;;;;/h4-7,11H,1-3H3;3-6,10-11H,1-2H3;10*1H/t4-,5?,6+,7-,8-;3?,4-,5-,6-,7-;;;;;;;;;;/m11........../s1/i;;9*1+1D;1+1. The molecule has 156 valence electrons. The largest absolute Gasteiger partial charge is 0.391 e. The van der Waals surface area contributed by atoms with Crippen molar-refractivity contribution in [1.82, 2.24) is 0 Å². The first kappa shape index (κ1) is 11.5. The van der Waals surface area contributed by atoms with Gasteiger partial charge in [-0.25, -0.2) is 8.78 Å². The van der Waals surface area contributed by atoms with Crippen LogP contribution in [0.3, 0.4) is 0 Å². The first-order valence-corrected chi connectivity index (χ1v) is 7.98. The predicted octanol–water partition coefficient (Wildman–Crippen LogP) is 2.43. The second kappa shape index (κ2) is 7.58. The molecule has 4 radical (unpaired) electrons. The van der Waals surface area contributed by atoms with Crippen LogP contribution in [0.2, 0.25) is 0 Å². The van der Waals surface area contributed by atoms with Crippen molar-refractivity contribution in [3.63, 3.8) is 0 Å². The molecule has 0 aromatic rings. The van der Waals surface area contributed by atoms with Gasteiger partial charge in [0.15, 0.2) is 5.67 Å². The third kappa shape index (κ3) is 4.12. The first-order chi connectivity index (χ1) is 19.7. The molecule has 2 heterocycles. The van der Waals surface area contributed by atoms with Gasteiger partial charge in [-0.05, 0) is 27.7 Å². The molecule has 9 heteroatoms. The molecule has 0 aromatic carbocycles. The SMILES string of the molecule is [2HH].[2H][2H].[2H][2H].[2H][2H].[2H][2H].[2H][2H].[2H][2H].[2H][2H].[2H][2H].[2H][2H].[B][C@@H]1O[C@H](C(C)O)[C@@H](C)[C@@]1(C)F.[B][C@@H]1O[C@H](C(C)O)[C@@H](O)[C@@]1(C)F. The van der Waals surface area contributed by atoms with Gasteiger partial charge in [-0.2, -0.15) is 0 Å². The summed E-state index contributed by atoms with van der Waals surface area (Å²) < 4.78 is 127. The Kier molecular flexibility index (Phi) is 3.63. The van der Waals surface area contributed by atoms with Gasteiger partial charge in [-0.15, -0.1) is 0 Å². The Labute approximate surface area is 173 Å². The maximum Gasteiger partial charge on any atom is 0.153 e. The summed E-state index contributed by atoms with van der Waals surface area (Å²) in [5, 5.41) is 27.6. The van der Waals surface area contributed by atoms with Crippen molar-refractivity contribution in [2.24, 2.45) is 5.92 Å². The van der Waals surface area contributed by atoms with Gasteiger partial charge >= 0.3 is 0 Å². The van der Waals surface area contributed by atoms with Crippen LogP contribution in [-0.2, 0) is 9.47 Å². The van der Waals surface area contributed by atoms with Crippen LogP contribution in [0.5, 0.6) is 0 Å². The van der Waals surface area contributed by atoms with Gasteiger partial charge in [-0.3, -0.25) is 0 Å². The molecule has 2 aliphatic rings. The normalized spacial score (nSPS) is 53.9. The number of ether oxygens (including phenoxy) is 2. The van der Waals surface area contributed by atoms with E-state index in [1.807, 2.05) is 0 Å². The molecule has 0 spiro atoms. The van der Waals surface area contributed by atoms with E-state index in [0.29, 0.717) is 0 Å². The van der Waals surface area contributed by atoms with Crippen molar-refractivity contribution in [3.05, 3.63) is 0 Å². The molecule has 24 heavy (non-hydrogen) atoms. The van der Waals surface area contributed by atoms with Gasteiger partial charge < -0.3 is 24.8 Å². The molecule has 3 N–H and O–H groups in total. The summed E-state index contributed by atoms with van der Waals surface area (Å²) in [6.07, 6.45) is -4.40. The molecule has 2 rings (SSSR count). The van der Waals surface area contributed by atoms with Crippen LogP contribution < -0.4 is 0 Å². The Balaban J connectivity index is -0.0000000410. The highest BCUT2D eigenvalue weighted by Crippen LogP contribution is 2.39. The van der Waals surface area contributed by atoms with Crippen molar-refractivity contribution >= 4 is 15.7 Å². The van der Waals surface area contributed by atoms with Crippen LogP contribution in [0.4, 0.5) is 8.78 Å². The predicted molar refractivity (Wildman–Crippen MR) is 108 cm³/mol. The molecular formula is C15H46B2F2O5. The lowest BCUT2D eigenvalue weighted by Gasteiger charge is -2.23. The fraction of sp³-hybridized carbons (Fsp3) is 1.00. The molecule has 2 saturated heterocycles. The Bertz CT molecular complexity index is 427. The third-order valence-corrected chi connectivity index (χ3v) is 4.94. The van der Waals surface area contributed by atoms with Gasteiger partial charge in [0.1, 0.15) is 33.6 Å². The number of rotatable bonds is 2. The van der Waals surface area contributed by atoms with E-state index in [-0.39, 0.29) is 7.34 Å². The molecule has 10 atom stereocenters. The highest BCUT2D eigenvalue weighted by molar-refractivity contribution is 6.12. The molecule has 0 aliphatic carbocycles. The van der Waals surface area contributed by atoms with Gasteiger partial charge in [0.25, 0.3) is 0 Å². The Morgan fingerprint density at radius 2 is 1.38 bits per heavy atom. The van der Waals surface area contributed by atoms with Crippen LogP contribution in [-0.4, -0.2) is 84.9 Å². The minimum atomic E-state index is -1.98. The quantitative estimate of drug-likeness (QED) is 0.637. The zero-order valence-electron chi connectivity index (χ0n) is 32.7. The Morgan fingerprint density at radius 3 is 1.54 bits per heavy atom. The lowest BCUT2D eigenvalue weighted by atomic mass is 9.78. The monoisotopic (exact) mass is 385 g/mol. The fourth-order valence-electron chi connectivity index (χ4n) is 2.78. The highest BCUT2D eigenvalue weighted by Gasteiger charge is 2.52. The molecule has 0 saturated carbocycles. The third-order valence-electron chi connectivity index (χ3n) is 4.94. The van der Waals surface area contributed by atoms with Crippen LogP contribution in [0.1, 0.15) is 62.8 Å². The lowest BCUT2D eigenvalue weighted by Crippen LogP contribution is -2.43. The highest BCUT2D eigenvalue weighted by atomic mass is 19.1. The summed E-state index contributed by atoms with van der Waals surface area (Å²) >= 11 is 0. The van der Waals surface area contributed by atoms with E-state index in [4.69, 9.17) is 57.0 Å². The molecule has 0 bridgehead atoms. The lowest BCUT2D eigenvalue weighted by molar-refractivity contribution is -0.0481. The van der Waals surface area contributed by atoms with Crippen molar-refractivity contribution in [1.29, 1.82) is 0 Å². The summed E-state index contributed by atoms with van der Waals surface area (Å²) in [6.45, 7) is 7.26. The molecule has 5 nitrogen and oxygen atoms in total. The topological polar surface area (TPSA) is 79.2 Å². The summed E-state index contributed by atoms with van der Waals surface area (Å²) in [6, 6.07) is -2.10. The summed E-state index contributed by atoms with van der Waals surface area (Å²) in [7, 11) is 10.7. The minimum absolute atomic E-state index is 0. The van der Waals surface area contributed by atoms with Gasteiger partial charge in [0.05, 0.1) is 30.3 Å². The molecular weight excluding hydrogens is 320 g/mol. The number of hydrogen-bond acceptors (Lipinski definition) is 5. The van der Waals surface area contributed by atoms with Crippen molar-refractivity contribution in [3.8, 4) is 0 Å². The number of hydrogen-bond donors (Lipinski definition) is 3. The van der Waals surface area contributed by atoms with E-state index >= 15 is 0 Å². The number of alkyl halides is 2. The van der Waals surface area contributed by atoms with Gasteiger partial charge in [-0.1, -0.05) is 6.92 Å². The van der Waals surface area contributed by atoms with E-state index in [2.05, 4.69) is 0 Å². The van der Waals surface area contributed by atoms with E-state index in [1.165, 1.54) is 13.8 Å². The van der Waals surface area contributed by atoms with Crippen LogP contribution in [0.25, 0.3) is 0 Å². The molecule has 0 amide bonds. The Hall–Kier alpha value is -0.210. The second-order valence-electron chi connectivity index (χ2n) is 7.06. The van der Waals surface area contributed by atoms with Crippen molar-refractivity contribution in [2.45, 2.75) is 88.5 Å². The number of aliphatic hydroxyl groups is 3. The average molecular weight is 385 g/mol. The molecule has 2 aliphatic heterocycles. The average Bonchev–Trinajstić information content (AvgIpc) is 3.39. The smallest absolute Gasteiger partial charge is 0.153 e. The first-order valence-electron chi connectivity index (χ1n) is 17.0. The zero-order valence-corrected chi connectivity index (χ0v) is 14.7. The summed E-state index contributed by atoms with van der Waals surface area (Å²) in [5.74, 6) is -0.368. The fourth-order valence-corrected chi connectivity index (χ4v) is 2.78. The van der Waals surface area contributed by atoms with Crippen LogP contribution in [0, 0.1) is 5.92 Å². The maximum absolute atomic E-state index is 13.6. The number of halogens is 2. The van der Waals surface area contributed by atoms with E-state index < -0.39 is 53.9 Å². The molecule has 0 aromatic heterocycles. The molecule has 2 unspecified atom stereocenters. The van der Waals surface area contributed by atoms with Gasteiger partial charge in [0.2, 0.25) is 0 Å². The molecule has 2 fully saturated rings. The van der Waals surface area contributed by atoms with Gasteiger partial charge in [0, 0.05) is 34.1 Å². The Morgan fingerprint density at radius 1 is 1.00 bits per heavy atom. The summed E-state index contributed by atoms with van der Waals surface area (Å²) in [5.41, 5.74) is -3.52. The minimum Gasteiger partial charge on any atom is -0.391 e. The number of aliphatic hydroxyl groups excluding tert-OH is 3. The summed E-state index contributed by atoms with van der Waals surface area (Å²) in [4.78, 5) is 0. The van der Waals surface area contributed by atoms with E-state index in [9.17, 15) is 19.0 Å². The van der Waals surface area contributed by atoms with Crippen LogP contribution in [0.15, 0.2) is 0 Å². The van der Waals surface area contributed by atoms with Crippen LogP contribution >= 0.6 is 0 Å². The zero-order chi connectivity index (χ0) is 37.0. The van der Waals surface area contributed by atoms with Crippen molar-refractivity contribution < 1.29 is 61.7 Å². The maximum atomic E-state index is 13.6. The van der Waals surface area contributed by atoms with Crippen molar-refractivity contribution in [2.75, 3.05) is 0 Å². The van der Waals surface area contributed by atoms with E-state index in [0.717, 1.165) is 6.92 Å². The van der Waals surface area contributed by atoms with E-state index in [1.54, 1.807) is 13.8 Å². The second-order valence-corrected chi connectivity index (χ2v) is 7.06.